The van der Waals surface area contributed by atoms with Crippen molar-refractivity contribution in [3.8, 4) is 0 Å². The minimum absolute atomic E-state index is 0.0968. The van der Waals surface area contributed by atoms with Crippen molar-refractivity contribution in [2.24, 2.45) is 34.4 Å². The lowest BCUT2D eigenvalue weighted by atomic mass is 10.0. The Bertz CT molecular complexity index is 2880. The Morgan fingerprint density at radius 2 is 0.733 bits per heavy atom. The lowest BCUT2D eigenvalue weighted by Crippen LogP contribution is -2.57. The van der Waals surface area contributed by atoms with Gasteiger partial charge in [0.1, 0.15) is 36.3 Å². The van der Waals surface area contributed by atoms with E-state index in [9.17, 15) is 57.5 Å². The van der Waals surface area contributed by atoms with Crippen LogP contribution in [0.5, 0.6) is 0 Å². The number of fused-ring (bicyclic) bond motifs is 2. The molecule has 6 atom stereocenters. The molecule has 4 aromatic rings. The SMILES string of the molecule is CCc1nc2ccccc2cc1C(=O)N[C@@H](CCC(N)=O)C(=O)N[C@@H](CCC(N)=O)C(=O)N[C@@H](CSSC[C@H](NC(=O)[C@H](CCC(N)=O)NC(=O)[C@H](CCC(N)=O)NC(=O)c1cc2ccccc2nc1CC)C(=O)NCCCN)C(=O)NCCCN. The van der Waals surface area contributed by atoms with Gasteiger partial charge in [-0.2, -0.15) is 0 Å². The second-order valence-corrected chi connectivity index (χ2v) is 22.4. The van der Waals surface area contributed by atoms with Crippen molar-refractivity contribution in [2.45, 2.75) is 127 Å². The van der Waals surface area contributed by atoms with Gasteiger partial charge in [0.2, 0.25) is 59.1 Å². The van der Waals surface area contributed by atoms with Gasteiger partial charge in [-0.05, 0) is 88.7 Å². The van der Waals surface area contributed by atoms with E-state index >= 15 is 0 Å². The first-order chi connectivity index (χ1) is 41.1. The van der Waals surface area contributed by atoms with Gasteiger partial charge >= 0.3 is 0 Å². The lowest BCUT2D eigenvalue weighted by molar-refractivity contribution is -0.133. The molecule has 0 aliphatic heterocycles. The fourth-order valence-corrected chi connectivity index (χ4v) is 10.8. The smallest absolute Gasteiger partial charge is 0.253 e. The van der Waals surface area contributed by atoms with Gasteiger partial charge in [0.15, 0.2) is 0 Å². The number of amides is 12. The van der Waals surface area contributed by atoms with E-state index in [1.807, 2.05) is 0 Å². The van der Waals surface area contributed by atoms with E-state index in [0.29, 0.717) is 58.9 Å². The molecule has 2 aromatic carbocycles. The highest BCUT2D eigenvalue weighted by Crippen LogP contribution is 2.24. The first-order valence-electron chi connectivity index (χ1n) is 28.0. The number of pyridine rings is 2. The van der Waals surface area contributed by atoms with Crippen LogP contribution in [0.3, 0.4) is 0 Å². The molecular formula is C56H78N16O12S2. The van der Waals surface area contributed by atoms with E-state index in [2.05, 4.69) is 52.5 Å². The van der Waals surface area contributed by atoms with Crippen molar-refractivity contribution in [1.29, 1.82) is 0 Å². The van der Waals surface area contributed by atoms with Gasteiger partial charge in [-0.1, -0.05) is 71.8 Å². The molecule has 0 fully saturated rings. The molecule has 2 heterocycles. The van der Waals surface area contributed by atoms with Crippen LogP contribution in [-0.4, -0.2) is 155 Å². The topological polar surface area (TPSA) is 483 Å². The summed E-state index contributed by atoms with van der Waals surface area (Å²) in [5.41, 5.74) is 35.6. The fraction of sp³-hybridized carbons (Fsp3) is 0.464. The summed E-state index contributed by atoms with van der Waals surface area (Å²) >= 11 is 0. The van der Waals surface area contributed by atoms with Crippen molar-refractivity contribution >= 4 is 114 Å². The fourth-order valence-electron chi connectivity index (χ4n) is 8.50. The number of benzene rings is 2. The molecule has 0 aliphatic carbocycles. The Morgan fingerprint density at radius 1 is 0.430 bits per heavy atom. The third-order valence-electron chi connectivity index (χ3n) is 13.2. The highest BCUT2D eigenvalue weighted by Gasteiger charge is 2.34. The number of carbonyl (C=O) groups is 12. The average Bonchev–Trinajstić information content (AvgIpc) is 3.14. The number of hydrogen-bond acceptors (Lipinski definition) is 18. The summed E-state index contributed by atoms with van der Waals surface area (Å²) in [4.78, 5) is 169. The molecule has 4 rings (SSSR count). The van der Waals surface area contributed by atoms with E-state index < -0.39 is 120 Å². The number of hydrogen-bond donors (Lipinski definition) is 14. The van der Waals surface area contributed by atoms with Gasteiger partial charge in [-0.25, -0.2) is 0 Å². The van der Waals surface area contributed by atoms with Gasteiger partial charge < -0.3 is 76.9 Å². The standard InChI is InChI=1S/C56H78N16O12S2/c1-3-35-33(27-31-11-5-7-13-37(31)65-35)49(77)67-39(15-19-45(59)73)53(81)69-41(17-21-47(61)75)55(83)71-43(51(79)63-25-9-23-57)29-85-86-30-44(52(80)64-26-10-24-58)72-56(84)42(18-22-48(62)76)70-54(82)40(16-20-46(60)74)68-50(78)34-28-32-12-6-8-14-38(32)66-36(34)4-2/h5-8,11-14,27-28,39-44H,3-4,9-10,15-26,29-30,57-58H2,1-2H3,(H2,59,73)(H2,60,74)(H2,61,75)(H2,62,76)(H,63,79)(H,64,80)(H,67,77)(H,68,78)(H,69,81)(H,70,82)(H,71,83)(H,72,84)/t39-,40-,41-,42-,43-,44-/m0/s1. The summed E-state index contributed by atoms with van der Waals surface area (Å²) in [6.07, 6.45) is -1.46. The number of carbonyl (C=O) groups excluding carboxylic acids is 12. The first kappa shape index (κ1) is 70.0. The molecule has 0 unspecified atom stereocenters. The zero-order valence-electron chi connectivity index (χ0n) is 48.0. The van der Waals surface area contributed by atoms with Gasteiger partial charge in [0, 0.05) is 61.1 Å². The molecule has 0 saturated heterocycles. The molecule has 0 aliphatic rings. The largest absolute Gasteiger partial charge is 0.370 e. The number of nitrogens with one attached hydrogen (secondary N) is 8. The number of para-hydroxylation sites is 2. The molecule has 466 valence electrons. The highest BCUT2D eigenvalue weighted by atomic mass is 33.1. The Labute approximate surface area is 504 Å². The van der Waals surface area contributed by atoms with E-state index in [-0.39, 0.29) is 87.3 Å². The minimum atomic E-state index is -1.54. The predicted molar refractivity (Wildman–Crippen MR) is 324 cm³/mol. The van der Waals surface area contributed by atoms with E-state index in [1.54, 1.807) is 74.5 Å². The Hall–Kier alpha value is -8.48. The van der Waals surface area contributed by atoms with Gasteiger partial charge in [-0.3, -0.25) is 67.5 Å². The zero-order chi connectivity index (χ0) is 63.3. The van der Waals surface area contributed by atoms with Crippen LogP contribution in [0, 0.1) is 0 Å². The number of nitrogens with two attached hydrogens (primary N) is 6. The lowest BCUT2D eigenvalue weighted by Gasteiger charge is -2.26. The molecule has 12 amide bonds. The third-order valence-corrected chi connectivity index (χ3v) is 15.6. The number of primary amides is 4. The molecule has 0 saturated carbocycles. The van der Waals surface area contributed by atoms with E-state index in [0.717, 1.165) is 21.6 Å². The minimum Gasteiger partial charge on any atom is -0.370 e. The van der Waals surface area contributed by atoms with Crippen LogP contribution >= 0.6 is 21.6 Å². The van der Waals surface area contributed by atoms with E-state index in [4.69, 9.17) is 34.4 Å². The Kier molecular flexibility index (Phi) is 29.6. The monoisotopic (exact) mass is 1230 g/mol. The van der Waals surface area contributed by atoms with Crippen LogP contribution in [0.1, 0.15) is 110 Å². The molecule has 0 radical (unpaired) electrons. The molecule has 0 spiro atoms. The van der Waals surface area contributed by atoms with Crippen LogP contribution in [0.4, 0.5) is 0 Å². The second kappa shape index (κ2) is 36.4. The summed E-state index contributed by atoms with van der Waals surface area (Å²) in [6.45, 7) is 4.19. The third kappa shape index (κ3) is 23.2. The van der Waals surface area contributed by atoms with Gasteiger partial charge in [0.25, 0.3) is 11.8 Å². The van der Waals surface area contributed by atoms with Crippen LogP contribution in [0.15, 0.2) is 60.7 Å². The Balaban J connectivity index is 1.55. The van der Waals surface area contributed by atoms with Gasteiger partial charge in [0.05, 0.1) is 33.5 Å². The predicted octanol–water partition coefficient (Wildman–Crippen LogP) is -1.88. The average molecular weight is 1230 g/mol. The molecule has 28 nitrogen and oxygen atoms in total. The van der Waals surface area contributed by atoms with Crippen molar-refractivity contribution < 1.29 is 57.5 Å². The van der Waals surface area contributed by atoms with Crippen LogP contribution in [-0.2, 0) is 60.8 Å². The first-order valence-corrected chi connectivity index (χ1v) is 30.5. The van der Waals surface area contributed by atoms with Crippen molar-refractivity contribution in [1.82, 2.24) is 52.5 Å². The molecule has 2 aromatic heterocycles. The van der Waals surface area contributed by atoms with Crippen LogP contribution in [0.2, 0.25) is 0 Å². The molecule has 0 bridgehead atoms. The molecule has 30 heteroatoms. The Morgan fingerprint density at radius 3 is 1.03 bits per heavy atom. The second-order valence-electron chi connectivity index (χ2n) is 19.8. The van der Waals surface area contributed by atoms with Gasteiger partial charge in [-0.15, -0.1) is 0 Å². The summed E-state index contributed by atoms with van der Waals surface area (Å²) < 4.78 is 0. The quantitative estimate of drug-likeness (QED) is 0.0172. The maximum absolute atomic E-state index is 14.2. The summed E-state index contributed by atoms with van der Waals surface area (Å²) in [7, 11) is 1.97. The summed E-state index contributed by atoms with van der Waals surface area (Å²) in [5.74, 6) is -10.2. The molecular weight excluding hydrogens is 1150 g/mol. The summed E-state index contributed by atoms with van der Waals surface area (Å²) in [5, 5.41) is 22.2. The van der Waals surface area contributed by atoms with E-state index in [1.165, 1.54) is 0 Å². The number of rotatable bonds is 39. The normalized spacial score (nSPS) is 13.1. The van der Waals surface area contributed by atoms with Crippen molar-refractivity contribution in [3.05, 3.63) is 83.2 Å². The van der Waals surface area contributed by atoms with Crippen molar-refractivity contribution in [2.75, 3.05) is 37.7 Å². The highest BCUT2D eigenvalue weighted by molar-refractivity contribution is 8.76. The number of aromatic nitrogens is 2. The molecule has 86 heavy (non-hydrogen) atoms. The maximum atomic E-state index is 14.2. The maximum Gasteiger partial charge on any atom is 0.253 e. The number of aryl methyl sites for hydroxylation is 2. The summed E-state index contributed by atoms with van der Waals surface area (Å²) in [6, 6.07) is 8.72. The van der Waals surface area contributed by atoms with Crippen LogP contribution < -0.4 is 76.9 Å². The zero-order valence-corrected chi connectivity index (χ0v) is 49.7. The molecule has 20 N–H and O–H groups in total. The van der Waals surface area contributed by atoms with Crippen LogP contribution in [0.25, 0.3) is 21.8 Å². The van der Waals surface area contributed by atoms with Crippen molar-refractivity contribution in [3.63, 3.8) is 0 Å². The number of nitrogens with zero attached hydrogens (tertiary/aromatic N) is 2.